The molecule has 0 amide bonds. The molecule has 0 spiro atoms. The van der Waals surface area contributed by atoms with Crippen molar-refractivity contribution in [2.75, 3.05) is 13.2 Å². The van der Waals surface area contributed by atoms with Crippen molar-refractivity contribution in [1.82, 2.24) is 0 Å². The van der Waals surface area contributed by atoms with E-state index in [1.807, 2.05) is 0 Å². The summed E-state index contributed by atoms with van der Waals surface area (Å²) in [5.41, 5.74) is 0. The highest BCUT2D eigenvalue weighted by atomic mass is 16.7. The standard InChI is InChI=1S/C12H22O11/c13-1-3-5(15)6(16)9(19)12(22-3)23-10-4(2-14)21-11(20)8(18)7(10)17/h3-20H,1-2H2/t3-,4-,5-,6+,7-,8+,9+,10-,11+,12-/m0/s1. The van der Waals surface area contributed by atoms with Gasteiger partial charge in [-0.05, 0) is 0 Å². The van der Waals surface area contributed by atoms with E-state index in [4.69, 9.17) is 19.3 Å². The van der Waals surface area contributed by atoms with Crippen LogP contribution in [0, 0.1) is 0 Å². The van der Waals surface area contributed by atoms with Gasteiger partial charge in [-0.25, -0.2) is 0 Å². The van der Waals surface area contributed by atoms with Crippen molar-refractivity contribution < 1.29 is 55.1 Å². The predicted molar refractivity (Wildman–Crippen MR) is 68.6 cm³/mol. The van der Waals surface area contributed by atoms with Crippen LogP contribution >= 0.6 is 0 Å². The van der Waals surface area contributed by atoms with Crippen LogP contribution in [0.2, 0.25) is 0 Å². The lowest BCUT2D eigenvalue weighted by Gasteiger charge is -2.45. The van der Waals surface area contributed by atoms with Crippen molar-refractivity contribution >= 4 is 0 Å². The lowest BCUT2D eigenvalue weighted by atomic mass is 9.97. The summed E-state index contributed by atoms with van der Waals surface area (Å²) in [6, 6.07) is 0. The number of aliphatic hydroxyl groups is 8. The molecule has 8 N–H and O–H groups in total. The molecule has 0 bridgehead atoms. The van der Waals surface area contributed by atoms with Crippen molar-refractivity contribution in [2.45, 2.75) is 61.4 Å². The molecule has 2 aliphatic heterocycles. The molecule has 0 aromatic heterocycles. The first-order valence-electron chi connectivity index (χ1n) is 7.08. The summed E-state index contributed by atoms with van der Waals surface area (Å²) in [6.07, 6.45) is -15.6. The van der Waals surface area contributed by atoms with Gasteiger partial charge in [-0.1, -0.05) is 0 Å². The molecule has 11 heteroatoms. The smallest absolute Gasteiger partial charge is 0.187 e. The first kappa shape index (κ1) is 18.9. The van der Waals surface area contributed by atoms with Gasteiger partial charge in [0, 0.05) is 0 Å². The molecule has 2 saturated heterocycles. The maximum Gasteiger partial charge on any atom is 0.187 e. The van der Waals surface area contributed by atoms with Crippen LogP contribution in [-0.2, 0) is 14.2 Å². The van der Waals surface area contributed by atoms with E-state index in [1.165, 1.54) is 0 Å². The van der Waals surface area contributed by atoms with E-state index in [2.05, 4.69) is 0 Å². The average molecular weight is 342 g/mol. The molecule has 11 nitrogen and oxygen atoms in total. The van der Waals surface area contributed by atoms with Gasteiger partial charge in [0.05, 0.1) is 13.2 Å². The molecule has 0 radical (unpaired) electrons. The van der Waals surface area contributed by atoms with Crippen LogP contribution in [0.5, 0.6) is 0 Å². The zero-order chi connectivity index (χ0) is 17.3. The van der Waals surface area contributed by atoms with Crippen molar-refractivity contribution in [3.05, 3.63) is 0 Å². The first-order chi connectivity index (χ1) is 10.8. The summed E-state index contributed by atoms with van der Waals surface area (Å²) in [5, 5.41) is 76.5. The van der Waals surface area contributed by atoms with E-state index >= 15 is 0 Å². The monoisotopic (exact) mass is 342 g/mol. The minimum atomic E-state index is -1.74. The zero-order valence-corrected chi connectivity index (χ0v) is 12.0. The molecule has 136 valence electrons. The minimum absolute atomic E-state index is 0.667. The highest BCUT2D eigenvalue weighted by molar-refractivity contribution is 4.93. The van der Waals surface area contributed by atoms with Crippen molar-refractivity contribution in [1.29, 1.82) is 0 Å². The van der Waals surface area contributed by atoms with Gasteiger partial charge in [0.2, 0.25) is 0 Å². The zero-order valence-electron chi connectivity index (χ0n) is 12.0. The summed E-state index contributed by atoms with van der Waals surface area (Å²) in [7, 11) is 0. The van der Waals surface area contributed by atoms with Crippen molar-refractivity contribution in [3.8, 4) is 0 Å². The van der Waals surface area contributed by atoms with Gasteiger partial charge >= 0.3 is 0 Å². The molecule has 0 unspecified atom stereocenters. The summed E-state index contributed by atoms with van der Waals surface area (Å²) in [6.45, 7) is -1.35. The van der Waals surface area contributed by atoms with Gasteiger partial charge in [0.1, 0.15) is 48.8 Å². The third-order valence-electron chi connectivity index (χ3n) is 3.98. The Morgan fingerprint density at radius 1 is 0.652 bits per heavy atom. The molecule has 2 fully saturated rings. The van der Waals surface area contributed by atoms with Gasteiger partial charge in [-0.3, -0.25) is 0 Å². The van der Waals surface area contributed by atoms with Gasteiger partial charge in [-0.15, -0.1) is 0 Å². The van der Waals surface area contributed by atoms with Crippen molar-refractivity contribution in [3.63, 3.8) is 0 Å². The Bertz CT molecular complexity index is 378. The molecule has 2 rings (SSSR count). The second-order valence-electron chi connectivity index (χ2n) is 5.53. The molecular formula is C12H22O11. The van der Waals surface area contributed by atoms with Gasteiger partial charge < -0.3 is 55.1 Å². The fourth-order valence-electron chi connectivity index (χ4n) is 2.57. The molecule has 0 saturated carbocycles. The van der Waals surface area contributed by atoms with Crippen molar-refractivity contribution in [2.24, 2.45) is 0 Å². The average Bonchev–Trinajstić information content (AvgIpc) is 2.55. The second kappa shape index (κ2) is 7.63. The largest absolute Gasteiger partial charge is 0.394 e. The van der Waals surface area contributed by atoms with Crippen LogP contribution in [0.25, 0.3) is 0 Å². The highest BCUT2D eigenvalue weighted by Gasteiger charge is 2.50. The molecule has 10 atom stereocenters. The van der Waals surface area contributed by atoms with E-state index in [9.17, 15) is 35.7 Å². The lowest BCUT2D eigenvalue weighted by Crippen LogP contribution is -2.64. The van der Waals surface area contributed by atoms with E-state index < -0.39 is 74.6 Å². The van der Waals surface area contributed by atoms with E-state index in [-0.39, 0.29) is 0 Å². The van der Waals surface area contributed by atoms with Crippen LogP contribution in [0.1, 0.15) is 0 Å². The molecule has 0 aromatic rings. The molecule has 2 heterocycles. The molecule has 0 aromatic carbocycles. The van der Waals surface area contributed by atoms with Crippen LogP contribution < -0.4 is 0 Å². The van der Waals surface area contributed by atoms with Crippen LogP contribution in [-0.4, -0.2) is 115 Å². The fourth-order valence-corrected chi connectivity index (χ4v) is 2.57. The summed E-state index contributed by atoms with van der Waals surface area (Å²) in [4.78, 5) is 0. The molecule has 2 aliphatic rings. The predicted octanol–water partition coefficient (Wildman–Crippen LogP) is -5.40. The van der Waals surface area contributed by atoms with E-state index in [1.54, 1.807) is 0 Å². The number of hydrogen-bond donors (Lipinski definition) is 8. The Labute approximate surface area is 130 Å². The number of aliphatic hydroxyl groups excluding tert-OH is 8. The van der Waals surface area contributed by atoms with Crippen LogP contribution in [0.15, 0.2) is 0 Å². The Morgan fingerprint density at radius 2 is 1.26 bits per heavy atom. The van der Waals surface area contributed by atoms with Gasteiger partial charge in [0.15, 0.2) is 12.6 Å². The van der Waals surface area contributed by atoms with Crippen LogP contribution in [0.3, 0.4) is 0 Å². The molecule has 23 heavy (non-hydrogen) atoms. The summed E-state index contributed by atoms with van der Waals surface area (Å²) < 4.78 is 15.3. The first-order valence-corrected chi connectivity index (χ1v) is 7.08. The maximum absolute atomic E-state index is 9.94. The SMILES string of the molecule is OC[C@@H]1O[C@@H](O[C@@H]2[C@@H](O)[C@@H](O)[C@H](O)O[C@H]2CO)[C@H](O)[C@H](O)[C@H]1O. The van der Waals surface area contributed by atoms with Gasteiger partial charge in [0.25, 0.3) is 0 Å². The third-order valence-corrected chi connectivity index (χ3v) is 3.98. The Kier molecular flexibility index (Phi) is 6.27. The lowest BCUT2D eigenvalue weighted by molar-refractivity contribution is -0.355. The summed E-state index contributed by atoms with van der Waals surface area (Å²) >= 11 is 0. The number of rotatable bonds is 4. The topological polar surface area (TPSA) is 190 Å². The summed E-state index contributed by atoms with van der Waals surface area (Å²) in [5.74, 6) is 0. The quantitative estimate of drug-likeness (QED) is 0.243. The van der Waals surface area contributed by atoms with Gasteiger partial charge in [-0.2, -0.15) is 0 Å². The number of ether oxygens (including phenoxy) is 3. The third kappa shape index (κ3) is 3.65. The maximum atomic E-state index is 9.94. The Morgan fingerprint density at radius 3 is 1.83 bits per heavy atom. The second-order valence-corrected chi connectivity index (χ2v) is 5.53. The number of hydrogen-bond acceptors (Lipinski definition) is 11. The van der Waals surface area contributed by atoms with Crippen LogP contribution in [0.4, 0.5) is 0 Å². The Balaban J connectivity index is 2.11. The molecular weight excluding hydrogens is 320 g/mol. The highest BCUT2D eigenvalue weighted by Crippen LogP contribution is 2.28. The minimum Gasteiger partial charge on any atom is -0.394 e. The van der Waals surface area contributed by atoms with E-state index in [0.717, 1.165) is 0 Å². The Hall–Kier alpha value is -0.440. The molecule has 0 aliphatic carbocycles. The van der Waals surface area contributed by atoms with E-state index in [0.29, 0.717) is 0 Å². The normalized spacial score (nSPS) is 51.7. The fraction of sp³-hybridized carbons (Fsp3) is 1.00.